The van der Waals surface area contributed by atoms with Crippen LogP contribution in [0.1, 0.15) is 47.9 Å². The molecule has 0 radical (unpaired) electrons. The van der Waals surface area contributed by atoms with Crippen LogP contribution in [0.4, 0.5) is 5.69 Å². The highest BCUT2D eigenvalue weighted by atomic mass is 35.5. The van der Waals surface area contributed by atoms with Gasteiger partial charge in [0, 0.05) is 23.7 Å². The maximum Gasteiger partial charge on any atom is 0.235 e. The molecule has 0 saturated carbocycles. The summed E-state index contributed by atoms with van der Waals surface area (Å²) in [5.41, 5.74) is 3.83. The van der Waals surface area contributed by atoms with E-state index in [1.807, 2.05) is 48.5 Å². The third-order valence-corrected chi connectivity index (χ3v) is 10.7. The quantitative estimate of drug-likeness (QED) is 0.112. The molecule has 8 rings (SSSR count). The van der Waals surface area contributed by atoms with Crippen molar-refractivity contribution in [3.05, 3.63) is 124 Å². The van der Waals surface area contributed by atoms with E-state index in [9.17, 15) is 14.4 Å². The van der Waals surface area contributed by atoms with Crippen LogP contribution in [0.3, 0.4) is 0 Å². The van der Waals surface area contributed by atoms with E-state index in [0.717, 1.165) is 22.3 Å². The lowest BCUT2D eigenvalue weighted by atomic mass is 9.54. The molecule has 45 heavy (non-hydrogen) atoms. The van der Waals surface area contributed by atoms with Gasteiger partial charge in [0.15, 0.2) is 0 Å². The fraction of sp³-hybridized carbons (Fsp3) is 0.250. The number of rotatable bonds is 9. The summed E-state index contributed by atoms with van der Waals surface area (Å²) in [4.78, 5) is 39.4. The Morgan fingerprint density at radius 1 is 0.689 bits per heavy atom. The summed E-state index contributed by atoms with van der Waals surface area (Å²) in [5.74, 6) is -0.946. The minimum absolute atomic E-state index is 0.110. The molecule has 2 bridgehead atoms. The first-order chi connectivity index (χ1) is 21.7. The summed E-state index contributed by atoms with van der Waals surface area (Å²) >= 11 is 20.9. The average Bonchev–Trinajstić information content (AvgIpc) is 3.31. The van der Waals surface area contributed by atoms with Crippen molar-refractivity contribution in [3.8, 4) is 11.5 Å². The van der Waals surface area contributed by atoms with Crippen LogP contribution in [0.5, 0.6) is 11.5 Å². The van der Waals surface area contributed by atoms with Crippen molar-refractivity contribution in [1.82, 2.24) is 4.90 Å². The molecule has 3 aliphatic carbocycles. The number of ether oxygens (including phenoxy) is 1. The number of amides is 3. The first-order valence-corrected chi connectivity index (χ1v) is 16.1. The maximum absolute atomic E-state index is 13.9. The Morgan fingerprint density at radius 2 is 1.16 bits per heavy atom. The number of nitrogens with zero attached hydrogens (tertiary/aromatic N) is 1. The van der Waals surface area contributed by atoms with Gasteiger partial charge in [0.2, 0.25) is 17.7 Å². The average molecular weight is 660 g/mol. The van der Waals surface area contributed by atoms with Crippen molar-refractivity contribution in [2.45, 2.75) is 35.4 Å². The summed E-state index contributed by atoms with van der Waals surface area (Å²) < 4.78 is 5.79. The van der Waals surface area contributed by atoms with Crippen LogP contribution < -0.4 is 10.1 Å². The first-order valence-electron chi connectivity index (χ1n) is 15.0. The van der Waals surface area contributed by atoms with Gasteiger partial charge in [0.05, 0.1) is 11.8 Å². The van der Waals surface area contributed by atoms with Gasteiger partial charge in [-0.1, -0.05) is 66.6 Å². The number of likely N-dealkylation sites (tertiary alicyclic amines) is 1. The van der Waals surface area contributed by atoms with Gasteiger partial charge in [-0.2, -0.15) is 0 Å². The molecular weight excluding hydrogens is 631 g/mol. The second-order valence-electron chi connectivity index (χ2n) is 11.7. The smallest absolute Gasteiger partial charge is 0.235 e. The van der Waals surface area contributed by atoms with Crippen LogP contribution in [-0.4, -0.2) is 29.2 Å². The predicted octanol–water partition coefficient (Wildman–Crippen LogP) is 8.22. The number of hydrogen-bond donors (Lipinski definition) is 1. The molecule has 1 aliphatic heterocycles. The number of unbranched alkanes of at least 4 members (excludes halogenated alkanes) is 2. The molecule has 3 amide bonds. The number of benzene rings is 4. The molecule has 6 nitrogen and oxygen atoms in total. The number of imide groups is 1. The lowest BCUT2D eigenvalue weighted by Gasteiger charge is -2.54. The minimum atomic E-state index is -1.17. The van der Waals surface area contributed by atoms with Crippen LogP contribution >= 0.6 is 34.8 Å². The number of anilines is 1. The van der Waals surface area contributed by atoms with Gasteiger partial charge in [0.1, 0.15) is 21.2 Å². The number of carbonyl (C=O) groups is 3. The van der Waals surface area contributed by atoms with Crippen molar-refractivity contribution in [3.63, 3.8) is 0 Å². The zero-order valence-corrected chi connectivity index (χ0v) is 26.4. The van der Waals surface area contributed by atoms with Crippen LogP contribution in [-0.2, 0) is 24.1 Å². The number of halogens is 3. The molecule has 2 atom stereocenters. The number of carbonyl (C=O) groups excluding carboxylic acids is 3. The molecule has 1 saturated heterocycles. The molecule has 1 N–H and O–H groups in total. The third kappa shape index (κ3) is 4.82. The van der Waals surface area contributed by atoms with Crippen molar-refractivity contribution >= 4 is 58.2 Å². The topological polar surface area (TPSA) is 75.7 Å². The van der Waals surface area contributed by atoms with E-state index in [1.165, 1.54) is 4.90 Å². The standard InChI is InChI=1S/C36H29Cl3N2O4/c37-22-13-17-24(18-14-22)45-25-19-15-23(16-20-25)40-30(42)12-2-1-7-21-41-33(43)31-32(34(41)44)36(39)27-9-4-3-8-26(27)35(31,38)28-10-5-6-11-29(28)36/h3-6,8-11,13-20,31-32H,1-2,7,12,21H2,(H,40,42)/t31-,32+,35?,36?. The van der Waals surface area contributed by atoms with Gasteiger partial charge in [-0.25, -0.2) is 0 Å². The Labute approximate surface area is 276 Å². The van der Waals surface area contributed by atoms with Gasteiger partial charge < -0.3 is 10.1 Å². The normalized spacial score (nSPS) is 24.2. The van der Waals surface area contributed by atoms with Gasteiger partial charge in [-0.3, -0.25) is 19.3 Å². The number of nitrogens with one attached hydrogen (secondary N) is 1. The first kappa shape index (κ1) is 29.8. The van der Waals surface area contributed by atoms with Crippen molar-refractivity contribution in [2.24, 2.45) is 11.8 Å². The van der Waals surface area contributed by atoms with Crippen molar-refractivity contribution in [2.75, 3.05) is 11.9 Å². The number of alkyl halides is 2. The largest absolute Gasteiger partial charge is 0.457 e. The summed E-state index contributed by atoms with van der Waals surface area (Å²) in [7, 11) is 0. The van der Waals surface area contributed by atoms with Crippen LogP contribution in [0.15, 0.2) is 97.1 Å². The summed E-state index contributed by atoms with van der Waals surface area (Å²) in [6.45, 7) is 0.258. The van der Waals surface area contributed by atoms with Gasteiger partial charge in [-0.15, -0.1) is 23.2 Å². The zero-order valence-electron chi connectivity index (χ0n) is 24.1. The second-order valence-corrected chi connectivity index (χ2v) is 13.4. The van der Waals surface area contributed by atoms with E-state index in [4.69, 9.17) is 39.5 Å². The SMILES string of the molecule is O=C(CCCCCN1C(=O)[C@@H]2[C@H](C1=O)C1(Cl)c3ccccc3C2(Cl)c2ccccc21)Nc1ccc(Oc2ccc(Cl)cc2)cc1. The molecule has 0 unspecified atom stereocenters. The molecule has 4 aromatic carbocycles. The molecule has 1 heterocycles. The van der Waals surface area contributed by atoms with Gasteiger partial charge >= 0.3 is 0 Å². The van der Waals surface area contributed by atoms with E-state index in [1.54, 1.807) is 48.5 Å². The molecule has 0 spiro atoms. The Balaban J connectivity index is 0.952. The molecule has 228 valence electrons. The van der Waals surface area contributed by atoms with E-state index in [-0.39, 0.29) is 24.3 Å². The molecule has 1 fully saturated rings. The van der Waals surface area contributed by atoms with Crippen molar-refractivity contribution < 1.29 is 19.1 Å². The van der Waals surface area contributed by atoms with Gasteiger partial charge in [0.25, 0.3) is 0 Å². The highest BCUT2D eigenvalue weighted by Gasteiger charge is 2.72. The predicted molar refractivity (Wildman–Crippen MR) is 175 cm³/mol. The summed E-state index contributed by atoms with van der Waals surface area (Å²) in [6.07, 6.45) is 2.18. The zero-order chi connectivity index (χ0) is 31.3. The van der Waals surface area contributed by atoms with E-state index >= 15 is 0 Å². The van der Waals surface area contributed by atoms with Crippen molar-refractivity contribution in [1.29, 1.82) is 0 Å². The molecular formula is C36H29Cl3N2O4. The highest BCUT2D eigenvalue weighted by molar-refractivity contribution is 6.36. The third-order valence-electron chi connectivity index (χ3n) is 9.15. The monoisotopic (exact) mass is 658 g/mol. The fourth-order valence-electron chi connectivity index (χ4n) is 7.15. The maximum atomic E-state index is 13.9. The lowest BCUT2D eigenvalue weighted by molar-refractivity contribution is -0.140. The Morgan fingerprint density at radius 3 is 1.64 bits per heavy atom. The van der Waals surface area contributed by atoms with Crippen LogP contribution in [0, 0.1) is 11.8 Å². The highest BCUT2D eigenvalue weighted by Crippen LogP contribution is 2.69. The molecule has 4 aromatic rings. The second kappa shape index (κ2) is 11.5. The van der Waals surface area contributed by atoms with E-state index < -0.39 is 21.6 Å². The Kier molecular flexibility index (Phi) is 7.63. The molecule has 9 heteroatoms. The summed E-state index contributed by atoms with van der Waals surface area (Å²) in [6, 6.07) is 29.4. The van der Waals surface area contributed by atoms with Crippen LogP contribution in [0.25, 0.3) is 0 Å². The minimum Gasteiger partial charge on any atom is -0.457 e. The summed E-state index contributed by atoms with van der Waals surface area (Å²) in [5, 5.41) is 3.54. The molecule has 0 aromatic heterocycles. The number of hydrogen-bond acceptors (Lipinski definition) is 4. The van der Waals surface area contributed by atoms with Gasteiger partial charge in [-0.05, 0) is 83.6 Å². The Hall–Kier alpha value is -3.84. The lowest BCUT2D eigenvalue weighted by Crippen LogP contribution is -2.57. The van der Waals surface area contributed by atoms with E-state index in [2.05, 4.69) is 5.32 Å². The Bertz CT molecular complexity index is 1690. The van der Waals surface area contributed by atoms with Crippen LogP contribution in [0.2, 0.25) is 5.02 Å². The van der Waals surface area contributed by atoms with E-state index in [0.29, 0.717) is 47.9 Å². The fourth-order valence-corrected chi connectivity index (χ4v) is 8.37. The molecule has 4 aliphatic rings.